The van der Waals surface area contributed by atoms with E-state index in [1.807, 2.05) is 54.0 Å². The van der Waals surface area contributed by atoms with Crippen LogP contribution in [0, 0.1) is 0 Å². The number of carbonyl (C=O) groups excluding carboxylic acids is 1. The van der Waals surface area contributed by atoms with Gasteiger partial charge in [0, 0.05) is 17.3 Å². The zero-order valence-corrected chi connectivity index (χ0v) is 16.9. The second kappa shape index (κ2) is 7.50. The van der Waals surface area contributed by atoms with E-state index in [-0.39, 0.29) is 5.97 Å². The van der Waals surface area contributed by atoms with E-state index < -0.39 is 6.04 Å². The summed E-state index contributed by atoms with van der Waals surface area (Å²) in [6.45, 7) is 3.95. The molecule has 3 aromatic rings. The third-order valence-corrected chi connectivity index (χ3v) is 5.06. The van der Waals surface area contributed by atoms with Crippen LogP contribution in [0.1, 0.15) is 25.5 Å². The van der Waals surface area contributed by atoms with Crippen LogP contribution >= 0.6 is 0 Å². The van der Waals surface area contributed by atoms with Crippen molar-refractivity contribution in [2.45, 2.75) is 19.9 Å². The lowest BCUT2D eigenvalue weighted by molar-refractivity contribution is -0.139. The molecule has 1 unspecified atom stereocenters. The highest BCUT2D eigenvalue weighted by Gasteiger charge is 2.36. The van der Waals surface area contributed by atoms with E-state index in [2.05, 4.69) is 5.32 Å². The molecule has 7 heteroatoms. The van der Waals surface area contributed by atoms with Gasteiger partial charge < -0.3 is 19.5 Å². The third-order valence-electron chi connectivity index (χ3n) is 5.06. The minimum absolute atomic E-state index is 0.291. The number of para-hydroxylation sites is 2. The van der Waals surface area contributed by atoms with Gasteiger partial charge in [-0.05, 0) is 38.1 Å². The summed E-state index contributed by atoms with van der Waals surface area (Å²) >= 11 is 0. The Labute approximate surface area is 168 Å². The molecule has 1 atom stereocenters. The zero-order chi connectivity index (χ0) is 20.5. The number of rotatable bonds is 5. The van der Waals surface area contributed by atoms with Gasteiger partial charge in [0.15, 0.2) is 0 Å². The molecule has 1 aliphatic rings. The van der Waals surface area contributed by atoms with E-state index in [4.69, 9.17) is 19.2 Å². The van der Waals surface area contributed by atoms with Gasteiger partial charge in [-0.25, -0.2) is 9.78 Å². The van der Waals surface area contributed by atoms with E-state index in [1.54, 1.807) is 21.1 Å². The number of allylic oxidation sites excluding steroid dienone is 1. The number of hydrogen-bond acceptors (Lipinski definition) is 6. The zero-order valence-electron chi connectivity index (χ0n) is 16.9. The second-order valence-electron chi connectivity index (χ2n) is 6.69. The minimum atomic E-state index is -0.460. The molecule has 0 saturated heterocycles. The van der Waals surface area contributed by atoms with Crippen molar-refractivity contribution >= 4 is 23.0 Å². The molecule has 150 valence electrons. The lowest BCUT2D eigenvalue weighted by Crippen LogP contribution is -2.29. The van der Waals surface area contributed by atoms with Crippen LogP contribution in [-0.2, 0) is 9.53 Å². The minimum Gasteiger partial charge on any atom is -0.497 e. The fourth-order valence-corrected chi connectivity index (χ4v) is 3.78. The average molecular weight is 393 g/mol. The molecule has 0 amide bonds. The number of nitrogens with zero attached hydrogens (tertiary/aromatic N) is 2. The Bertz CT molecular complexity index is 1120. The smallest absolute Gasteiger partial charge is 0.338 e. The van der Waals surface area contributed by atoms with Crippen molar-refractivity contribution in [3.8, 4) is 11.5 Å². The highest BCUT2D eigenvalue weighted by Crippen LogP contribution is 2.43. The van der Waals surface area contributed by atoms with Crippen LogP contribution < -0.4 is 14.8 Å². The van der Waals surface area contributed by atoms with Crippen LogP contribution in [-0.4, -0.2) is 36.3 Å². The monoisotopic (exact) mass is 393 g/mol. The van der Waals surface area contributed by atoms with Crippen molar-refractivity contribution in [2.24, 2.45) is 0 Å². The molecule has 1 aliphatic heterocycles. The summed E-state index contributed by atoms with van der Waals surface area (Å²) in [4.78, 5) is 17.7. The first-order valence-electron chi connectivity index (χ1n) is 9.42. The lowest BCUT2D eigenvalue weighted by Gasteiger charge is -2.31. The number of imidazole rings is 1. The fourth-order valence-electron chi connectivity index (χ4n) is 3.78. The number of hydrogen-bond donors (Lipinski definition) is 1. The summed E-state index contributed by atoms with van der Waals surface area (Å²) in [5, 5.41) is 3.26. The molecule has 0 fully saturated rings. The molecular weight excluding hydrogens is 370 g/mol. The van der Waals surface area contributed by atoms with Gasteiger partial charge >= 0.3 is 5.97 Å². The second-order valence-corrected chi connectivity index (χ2v) is 6.69. The first kappa shape index (κ1) is 18.9. The lowest BCUT2D eigenvalue weighted by atomic mass is 9.94. The van der Waals surface area contributed by atoms with Crippen LogP contribution in [0.4, 0.5) is 5.95 Å². The Balaban J connectivity index is 2.00. The van der Waals surface area contributed by atoms with Gasteiger partial charge in [0.25, 0.3) is 0 Å². The number of esters is 1. The Morgan fingerprint density at radius 2 is 1.97 bits per heavy atom. The number of nitrogens with one attached hydrogen (secondary N) is 1. The van der Waals surface area contributed by atoms with Crippen molar-refractivity contribution in [1.82, 2.24) is 9.55 Å². The molecule has 0 spiro atoms. The number of methoxy groups -OCH3 is 2. The van der Waals surface area contributed by atoms with E-state index in [0.29, 0.717) is 35.3 Å². The highest BCUT2D eigenvalue weighted by atomic mass is 16.5. The number of carbonyl (C=O) groups is 1. The summed E-state index contributed by atoms with van der Waals surface area (Å²) in [7, 11) is 3.21. The maximum absolute atomic E-state index is 13.0. The van der Waals surface area contributed by atoms with Gasteiger partial charge in [-0.1, -0.05) is 12.1 Å². The number of fused-ring (bicyclic) bond motifs is 3. The Morgan fingerprint density at radius 1 is 1.17 bits per heavy atom. The van der Waals surface area contributed by atoms with Gasteiger partial charge in [-0.15, -0.1) is 0 Å². The molecular formula is C22H23N3O4. The normalized spacial score (nSPS) is 15.7. The number of aromatic nitrogens is 2. The van der Waals surface area contributed by atoms with Gasteiger partial charge in [0.1, 0.15) is 11.5 Å². The Kier molecular flexibility index (Phi) is 4.88. The van der Waals surface area contributed by atoms with Crippen LogP contribution in [0.25, 0.3) is 11.0 Å². The van der Waals surface area contributed by atoms with Crippen LogP contribution in [0.2, 0.25) is 0 Å². The van der Waals surface area contributed by atoms with Crippen LogP contribution in [0.15, 0.2) is 53.7 Å². The fraction of sp³-hybridized carbons (Fsp3) is 0.273. The van der Waals surface area contributed by atoms with Gasteiger partial charge in [-0.2, -0.15) is 0 Å². The number of benzene rings is 2. The van der Waals surface area contributed by atoms with E-state index in [9.17, 15) is 4.79 Å². The summed E-state index contributed by atoms with van der Waals surface area (Å²) in [6, 6.07) is 13.0. The van der Waals surface area contributed by atoms with Crippen molar-refractivity contribution in [2.75, 3.05) is 26.1 Å². The molecule has 0 aliphatic carbocycles. The highest BCUT2D eigenvalue weighted by molar-refractivity contribution is 5.94. The van der Waals surface area contributed by atoms with Gasteiger partial charge in [-0.3, -0.25) is 4.57 Å². The largest absolute Gasteiger partial charge is 0.497 e. The SMILES string of the molecule is CCOC(=O)C1=C(C)Nc2nc3ccccc3n2C1c1ccc(OC)cc1OC. The van der Waals surface area contributed by atoms with E-state index >= 15 is 0 Å². The van der Waals surface area contributed by atoms with Gasteiger partial charge in [0.2, 0.25) is 5.95 Å². The molecule has 0 bridgehead atoms. The average Bonchev–Trinajstić information content (AvgIpc) is 3.10. The van der Waals surface area contributed by atoms with Crippen molar-refractivity contribution < 1.29 is 19.0 Å². The topological polar surface area (TPSA) is 74.6 Å². The third kappa shape index (κ3) is 3.08. The molecule has 0 saturated carbocycles. The van der Waals surface area contributed by atoms with Gasteiger partial charge in [0.05, 0.1) is 43.5 Å². The molecule has 2 heterocycles. The number of anilines is 1. The van der Waals surface area contributed by atoms with Crippen LogP contribution in [0.3, 0.4) is 0 Å². The summed E-state index contributed by atoms with van der Waals surface area (Å²) < 4.78 is 18.4. The summed E-state index contributed by atoms with van der Waals surface area (Å²) in [5.41, 5.74) is 3.79. The molecule has 2 aromatic carbocycles. The standard InChI is InChI=1S/C22H23N3O4/c1-5-29-21(26)19-13(2)23-22-24-16-8-6-7-9-17(16)25(22)20(19)15-11-10-14(27-3)12-18(15)28-4/h6-12,20H,5H2,1-4H3,(H,23,24). The molecule has 7 nitrogen and oxygen atoms in total. The Morgan fingerprint density at radius 3 is 2.69 bits per heavy atom. The molecule has 4 rings (SSSR count). The first-order valence-corrected chi connectivity index (χ1v) is 9.42. The van der Waals surface area contributed by atoms with E-state index in [1.165, 1.54) is 0 Å². The molecule has 29 heavy (non-hydrogen) atoms. The molecule has 0 radical (unpaired) electrons. The number of ether oxygens (including phenoxy) is 3. The Hall–Kier alpha value is -3.48. The first-order chi connectivity index (χ1) is 14.1. The quantitative estimate of drug-likeness (QED) is 0.663. The predicted molar refractivity (Wildman–Crippen MR) is 110 cm³/mol. The maximum Gasteiger partial charge on any atom is 0.338 e. The van der Waals surface area contributed by atoms with E-state index in [0.717, 1.165) is 16.6 Å². The van der Waals surface area contributed by atoms with Crippen molar-refractivity contribution in [3.63, 3.8) is 0 Å². The van der Waals surface area contributed by atoms with Crippen LogP contribution in [0.5, 0.6) is 11.5 Å². The predicted octanol–water partition coefficient (Wildman–Crippen LogP) is 3.91. The molecule has 1 N–H and O–H groups in total. The summed E-state index contributed by atoms with van der Waals surface area (Å²) in [6.07, 6.45) is 0. The molecule has 1 aromatic heterocycles. The van der Waals surface area contributed by atoms with Crippen molar-refractivity contribution in [3.05, 3.63) is 59.3 Å². The van der Waals surface area contributed by atoms with Crippen molar-refractivity contribution in [1.29, 1.82) is 0 Å². The summed E-state index contributed by atoms with van der Waals surface area (Å²) in [5.74, 6) is 1.59. The maximum atomic E-state index is 13.0.